The molecule has 1 aromatic heterocycles. The Morgan fingerprint density at radius 3 is 2.91 bits per heavy atom. The van der Waals surface area contributed by atoms with E-state index in [0.29, 0.717) is 30.4 Å². The van der Waals surface area contributed by atoms with E-state index in [1.165, 1.54) is 0 Å². The number of carbonyl (C=O) groups is 2. The average molecular weight is 305 g/mol. The van der Waals surface area contributed by atoms with Crippen molar-refractivity contribution in [2.24, 2.45) is 5.10 Å². The second-order valence-corrected chi connectivity index (χ2v) is 4.87. The Morgan fingerprint density at radius 2 is 2.32 bits per heavy atom. The molecule has 0 radical (unpaired) electrons. The van der Waals surface area contributed by atoms with E-state index in [-0.39, 0.29) is 18.3 Å². The molecule has 0 bridgehead atoms. The van der Waals surface area contributed by atoms with Gasteiger partial charge in [-0.1, -0.05) is 11.2 Å². The van der Waals surface area contributed by atoms with Gasteiger partial charge in [-0.15, -0.1) is 0 Å². The van der Waals surface area contributed by atoms with Crippen molar-refractivity contribution in [3.63, 3.8) is 0 Å². The van der Waals surface area contributed by atoms with Crippen molar-refractivity contribution in [1.29, 1.82) is 0 Å². The van der Waals surface area contributed by atoms with Crippen molar-refractivity contribution in [2.45, 2.75) is 32.6 Å². The zero-order valence-corrected chi connectivity index (χ0v) is 12.7. The predicted octanol–water partition coefficient (Wildman–Crippen LogP) is 0.822. The van der Waals surface area contributed by atoms with Crippen molar-refractivity contribution in [1.82, 2.24) is 20.5 Å². The first-order valence-electron chi connectivity index (χ1n) is 7.21. The van der Waals surface area contributed by atoms with Gasteiger partial charge in [0.15, 0.2) is 5.82 Å². The molecule has 2 amide bonds. The number of likely N-dealkylation sites (N-methyl/N-ethyl adjacent to an activating group) is 1. The van der Waals surface area contributed by atoms with Gasteiger partial charge >= 0.3 is 0 Å². The molecule has 1 fully saturated rings. The van der Waals surface area contributed by atoms with Crippen LogP contribution in [0.15, 0.2) is 21.8 Å². The summed E-state index contributed by atoms with van der Waals surface area (Å²) < 4.78 is 5.19. The van der Waals surface area contributed by atoms with Gasteiger partial charge in [0.1, 0.15) is 12.3 Å². The number of nitrogens with zero attached hydrogens (tertiary/aromatic N) is 4. The van der Waals surface area contributed by atoms with E-state index in [1.807, 2.05) is 6.92 Å². The molecule has 8 heteroatoms. The molecule has 1 heterocycles. The fraction of sp³-hybridized carbons (Fsp3) is 0.500. The van der Waals surface area contributed by atoms with Crippen LogP contribution in [0.4, 0.5) is 0 Å². The lowest BCUT2D eigenvalue weighted by Crippen LogP contribution is -2.34. The van der Waals surface area contributed by atoms with Crippen molar-refractivity contribution in [3.8, 4) is 0 Å². The molecule has 1 aromatic rings. The summed E-state index contributed by atoms with van der Waals surface area (Å²) in [5.74, 6) is 0.973. The van der Waals surface area contributed by atoms with Crippen LogP contribution < -0.4 is 5.32 Å². The first-order valence-corrected chi connectivity index (χ1v) is 7.21. The fourth-order valence-corrected chi connectivity index (χ4v) is 1.79. The third-order valence-corrected chi connectivity index (χ3v) is 2.97. The minimum atomic E-state index is -0.289. The van der Waals surface area contributed by atoms with Crippen LogP contribution in [0.3, 0.4) is 0 Å². The van der Waals surface area contributed by atoms with Gasteiger partial charge in [0.05, 0.1) is 0 Å². The highest BCUT2D eigenvalue weighted by molar-refractivity contribution is 6.05. The second kappa shape index (κ2) is 7.48. The van der Waals surface area contributed by atoms with E-state index in [4.69, 9.17) is 4.52 Å². The van der Waals surface area contributed by atoms with Crippen LogP contribution in [0.25, 0.3) is 0 Å². The van der Waals surface area contributed by atoms with E-state index in [0.717, 1.165) is 17.9 Å². The summed E-state index contributed by atoms with van der Waals surface area (Å²) in [4.78, 5) is 26.9. The number of aromatic nitrogens is 2. The Labute approximate surface area is 128 Å². The molecule has 1 aliphatic rings. The van der Waals surface area contributed by atoms with Crippen LogP contribution in [0.5, 0.6) is 0 Å². The fourth-order valence-electron chi connectivity index (χ4n) is 1.79. The molecule has 118 valence electrons. The first-order chi connectivity index (χ1) is 10.7. The highest BCUT2D eigenvalue weighted by Gasteiger charge is 2.29. The topological polar surface area (TPSA) is 101 Å². The minimum absolute atomic E-state index is 0.165. The van der Waals surface area contributed by atoms with Crippen LogP contribution >= 0.6 is 0 Å². The molecule has 22 heavy (non-hydrogen) atoms. The second-order valence-electron chi connectivity index (χ2n) is 4.87. The molecule has 8 nitrogen and oxygen atoms in total. The molecule has 0 saturated heterocycles. The van der Waals surface area contributed by atoms with Crippen molar-refractivity contribution >= 4 is 18.0 Å². The molecule has 1 aliphatic carbocycles. The summed E-state index contributed by atoms with van der Waals surface area (Å²) in [6.45, 7) is 3.94. The Hall–Kier alpha value is -2.51. The van der Waals surface area contributed by atoms with Gasteiger partial charge in [0, 0.05) is 12.5 Å². The molecule has 0 aromatic carbocycles. The zero-order chi connectivity index (χ0) is 15.9. The molecule has 1 saturated carbocycles. The third kappa shape index (κ3) is 4.24. The Kier molecular flexibility index (Phi) is 5.40. The lowest BCUT2D eigenvalue weighted by Gasteiger charge is -2.11. The maximum absolute atomic E-state index is 11.5. The lowest BCUT2D eigenvalue weighted by atomic mass is 10.3. The van der Waals surface area contributed by atoms with Crippen LogP contribution in [0, 0.1) is 0 Å². The van der Waals surface area contributed by atoms with Crippen LogP contribution in [-0.4, -0.2) is 46.3 Å². The van der Waals surface area contributed by atoms with Gasteiger partial charge in [-0.25, -0.2) is 5.01 Å². The molecular formula is C14H19N5O3. The van der Waals surface area contributed by atoms with Crippen LogP contribution in [-0.2, 0) is 9.59 Å². The number of hydrogen-bond donors (Lipinski definition) is 1. The average Bonchev–Trinajstić information content (AvgIpc) is 3.24. The summed E-state index contributed by atoms with van der Waals surface area (Å²) in [5, 5.41) is 11.6. The van der Waals surface area contributed by atoms with Crippen LogP contribution in [0.2, 0.25) is 0 Å². The predicted molar refractivity (Wildman–Crippen MR) is 79.1 cm³/mol. The number of hydrogen-bond acceptors (Lipinski definition) is 6. The highest BCUT2D eigenvalue weighted by atomic mass is 16.5. The minimum Gasteiger partial charge on any atom is -0.355 e. The molecule has 0 spiro atoms. The third-order valence-electron chi connectivity index (χ3n) is 2.97. The lowest BCUT2D eigenvalue weighted by molar-refractivity contribution is -0.127. The summed E-state index contributed by atoms with van der Waals surface area (Å²) in [6.07, 6.45) is 6.00. The molecular weight excluding hydrogens is 286 g/mol. The highest BCUT2D eigenvalue weighted by Crippen LogP contribution is 2.38. The maximum atomic E-state index is 11.5. The summed E-state index contributed by atoms with van der Waals surface area (Å²) >= 11 is 0. The molecule has 0 atom stereocenters. The number of amides is 2. The number of carbonyl (C=O) groups excluding carboxylic acids is 2. The van der Waals surface area contributed by atoms with Crippen molar-refractivity contribution < 1.29 is 14.1 Å². The Morgan fingerprint density at radius 1 is 1.55 bits per heavy atom. The number of allylic oxidation sites excluding steroid dienone is 2. The zero-order valence-electron chi connectivity index (χ0n) is 12.7. The van der Waals surface area contributed by atoms with Gasteiger partial charge in [0.2, 0.25) is 12.3 Å². The number of rotatable bonds is 8. The molecule has 1 N–H and O–H groups in total. The summed E-state index contributed by atoms with van der Waals surface area (Å²) in [5.41, 5.74) is 0.346. The molecule has 0 unspecified atom stereocenters. The summed E-state index contributed by atoms with van der Waals surface area (Å²) in [7, 11) is 0. The van der Waals surface area contributed by atoms with Gasteiger partial charge in [-0.3, -0.25) is 9.59 Å². The first kappa shape index (κ1) is 15.9. The van der Waals surface area contributed by atoms with E-state index < -0.39 is 0 Å². The van der Waals surface area contributed by atoms with E-state index in [1.54, 1.807) is 19.1 Å². The monoisotopic (exact) mass is 305 g/mol. The summed E-state index contributed by atoms with van der Waals surface area (Å²) in [6, 6.07) is 0. The normalized spacial score (nSPS) is 15.1. The molecule has 2 rings (SSSR count). The van der Waals surface area contributed by atoms with E-state index in [2.05, 4.69) is 20.6 Å². The van der Waals surface area contributed by atoms with Gasteiger partial charge < -0.3 is 9.84 Å². The smallest absolute Gasteiger partial charge is 0.278 e. The van der Waals surface area contributed by atoms with Crippen molar-refractivity contribution in [3.05, 3.63) is 23.9 Å². The number of hydrazone groups is 1. The molecule has 0 aliphatic heterocycles. The maximum Gasteiger partial charge on any atom is 0.278 e. The van der Waals surface area contributed by atoms with Gasteiger partial charge in [-0.2, -0.15) is 10.1 Å². The van der Waals surface area contributed by atoms with Gasteiger partial charge in [0.25, 0.3) is 5.89 Å². The van der Waals surface area contributed by atoms with Crippen LogP contribution in [0.1, 0.15) is 44.3 Å². The number of nitrogens with one attached hydrogen (secondary N) is 1. The van der Waals surface area contributed by atoms with E-state index in [9.17, 15) is 9.59 Å². The van der Waals surface area contributed by atoms with Gasteiger partial charge in [-0.05, 0) is 32.8 Å². The SMILES string of the molecule is C/C=C\C(=N/N(C=O)CC(=O)NCC)c1nc(C2CC2)no1. The standard InChI is InChI=1S/C14H19N5O3/c1-3-5-11(14-16-13(18-22-14)10-6-7-10)17-19(9-20)8-12(21)15-4-2/h3,5,9-10H,4,6-8H2,1-2H3,(H,15,21)/b5-3-,17-11+. The largest absolute Gasteiger partial charge is 0.355 e. The van der Waals surface area contributed by atoms with Crippen molar-refractivity contribution in [2.75, 3.05) is 13.1 Å². The Balaban J connectivity index is 2.16. The van der Waals surface area contributed by atoms with E-state index >= 15 is 0 Å². The Bertz CT molecular complexity index is 589. The quantitative estimate of drug-likeness (QED) is 0.435.